The van der Waals surface area contributed by atoms with Crippen molar-refractivity contribution in [1.82, 2.24) is 0 Å². The van der Waals surface area contributed by atoms with Crippen LogP contribution in [0.5, 0.6) is 0 Å². The molecule has 0 saturated carbocycles. The van der Waals surface area contributed by atoms with Gasteiger partial charge in [0.2, 0.25) is 0 Å². The fourth-order valence-corrected chi connectivity index (χ4v) is 5.82. The monoisotopic (exact) mass is 492 g/mol. The van der Waals surface area contributed by atoms with Gasteiger partial charge in [-0.2, -0.15) is 0 Å². The predicted molar refractivity (Wildman–Crippen MR) is 142 cm³/mol. The molecule has 1 aliphatic carbocycles. The minimum absolute atomic E-state index is 0. The summed E-state index contributed by atoms with van der Waals surface area (Å²) in [6.45, 7) is 8.53. The Morgan fingerprint density at radius 2 is 1.68 bits per heavy atom. The van der Waals surface area contributed by atoms with E-state index in [0.29, 0.717) is 17.7 Å². The molecule has 0 amide bonds. The zero-order chi connectivity index (χ0) is 24.0. The maximum atomic E-state index is 13.9. The van der Waals surface area contributed by atoms with E-state index in [1.165, 1.54) is 0 Å². The molecule has 6 nitrogen and oxygen atoms in total. The third-order valence-electron chi connectivity index (χ3n) is 6.49. The number of carbonyl (C=O) groups excluding carboxylic acids is 1. The number of amidine groups is 1. The number of hydrogen-bond donors (Lipinski definition) is 4. The van der Waals surface area contributed by atoms with E-state index in [1.807, 2.05) is 25.1 Å². The number of fused-ring (bicyclic) bond motifs is 2. The molecule has 2 aromatic rings. The molecule has 34 heavy (non-hydrogen) atoms. The number of anilines is 1. The summed E-state index contributed by atoms with van der Waals surface area (Å²) in [6, 6.07) is 14.1. The summed E-state index contributed by atoms with van der Waals surface area (Å²) in [5.74, 6) is -0.467. The summed E-state index contributed by atoms with van der Waals surface area (Å²) in [6.07, 6.45) is 3.53. The van der Waals surface area contributed by atoms with Gasteiger partial charge in [-0.3, -0.25) is 13.9 Å². The number of nitrogens with zero attached hydrogens (tertiary/aromatic N) is 1. The van der Waals surface area contributed by atoms with E-state index in [1.54, 1.807) is 30.3 Å². The molecule has 0 bridgehead atoms. The topological polar surface area (TPSA) is 102 Å². The molecule has 0 radical (unpaired) electrons. The van der Waals surface area contributed by atoms with Crippen LogP contribution in [0.15, 0.2) is 63.4 Å². The van der Waals surface area contributed by atoms with Gasteiger partial charge < -0.3 is 10.4 Å². The van der Waals surface area contributed by atoms with Gasteiger partial charge in [0.1, 0.15) is 16.2 Å². The average Bonchev–Trinajstić information content (AvgIpc) is 2.75. The Balaban J connectivity index is 0.00000324. The quantitative estimate of drug-likeness (QED) is 0.290. The summed E-state index contributed by atoms with van der Waals surface area (Å²) in [4.78, 5) is 14.2. The Morgan fingerprint density at radius 3 is 2.38 bits per heavy atom. The van der Waals surface area contributed by atoms with Crippen molar-refractivity contribution >= 4 is 63.4 Å². The summed E-state index contributed by atoms with van der Waals surface area (Å²) in [5.41, 5.74) is 1.19. The van der Waals surface area contributed by atoms with Gasteiger partial charge in [-0.1, -0.05) is 80.8 Å². The average molecular weight is 493 g/mol. The molecular weight excluding hydrogens is 459 g/mol. The number of rotatable bonds is 5. The second-order valence-electron chi connectivity index (χ2n) is 10.3. The minimum atomic E-state index is -3.51. The molecule has 0 fully saturated rings. The number of unbranched alkanes of at least 4 members (excludes halogenated alkanes) is 1. The van der Waals surface area contributed by atoms with Crippen LogP contribution in [0.2, 0.25) is 0 Å². The van der Waals surface area contributed by atoms with Crippen molar-refractivity contribution < 1.29 is 19.0 Å². The van der Waals surface area contributed by atoms with Crippen LogP contribution in [0.1, 0.15) is 64.5 Å². The summed E-state index contributed by atoms with van der Waals surface area (Å²) in [7, 11) is -3.51. The van der Waals surface area contributed by atoms with Crippen LogP contribution < -0.4 is 5.32 Å². The van der Waals surface area contributed by atoms with E-state index < -0.39 is 16.2 Å². The van der Waals surface area contributed by atoms with Crippen LogP contribution >= 0.6 is 10.8 Å². The third kappa shape index (κ3) is 5.01. The molecule has 2 aliphatic rings. The van der Waals surface area contributed by atoms with Gasteiger partial charge in [0.15, 0.2) is 11.6 Å². The zero-order valence-corrected chi connectivity index (χ0v) is 20.4. The number of carbonyl (C=O) groups is 1. The Morgan fingerprint density at radius 1 is 1.03 bits per heavy atom. The van der Waals surface area contributed by atoms with Crippen LogP contribution in [0, 0.1) is 5.41 Å². The first-order valence-corrected chi connectivity index (χ1v) is 12.8. The standard InChI is InChI=1S/C26H32N2O4S.Na.H/c1-25(2,3)15-9-10-16-26(4)18-12-6-5-11-17(18)22(29)21(23(26)30)24-27-19-13-7-8-14-20(19)33(31,32)28-24;;/h5-8,11-14,29,31-32H,9-10,15-16H2,1-4H3,(H,27,28);;. The van der Waals surface area contributed by atoms with Crippen LogP contribution in [-0.2, 0) is 10.2 Å². The zero-order valence-electron chi connectivity index (χ0n) is 19.6. The Kier molecular flexibility index (Phi) is 7.78. The first kappa shape index (κ1) is 27.0. The molecule has 1 heterocycles. The Bertz CT molecular complexity index is 1170. The van der Waals surface area contributed by atoms with Crippen molar-refractivity contribution in [1.29, 1.82) is 0 Å². The van der Waals surface area contributed by atoms with E-state index >= 15 is 0 Å². The van der Waals surface area contributed by atoms with Crippen molar-refractivity contribution in [2.24, 2.45) is 9.81 Å². The van der Waals surface area contributed by atoms with Gasteiger partial charge in [-0.25, -0.2) is 0 Å². The third-order valence-corrected chi connectivity index (χ3v) is 7.87. The van der Waals surface area contributed by atoms with Crippen LogP contribution in [0.3, 0.4) is 0 Å². The van der Waals surface area contributed by atoms with Crippen molar-refractivity contribution in [3.8, 4) is 0 Å². The van der Waals surface area contributed by atoms with Crippen LogP contribution in [0.25, 0.3) is 5.76 Å². The molecule has 0 aromatic heterocycles. The van der Waals surface area contributed by atoms with Gasteiger partial charge in [0.05, 0.1) is 11.1 Å². The molecule has 0 saturated heterocycles. The molecule has 2 aromatic carbocycles. The number of nitrogens with one attached hydrogen (secondary N) is 1. The second-order valence-corrected chi connectivity index (χ2v) is 11.9. The molecule has 4 N–H and O–H groups in total. The molecule has 0 spiro atoms. The summed E-state index contributed by atoms with van der Waals surface area (Å²) in [5, 5.41) is 14.2. The van der Waals surface area contributed by atoms with E-state index in [9.17, 15) is 19.0 Å². The van der Waals surface area contributed by atoms with Crippen molar-refractivity contribution in [3.05, 3.63) is 65.2 Å². The predicted octanol–water partition coefficient (Wildman–Crippen LogP) is 6.30. The molecule has 4 rings (SSSR count). The summed E-state index contributed by atoms with van der Waals surface area (Å²) >= 11 is 0. The number of aliphatic hydroxyl groups excluding tert-OH is 1. The van der Waals surface area contributed by atoms with Crippen molar-refractivity contribution in [3.63, 3.8) is 0 Å². The Labute approximate surface area is 225 Å². The molecular formula is C26H33N2NaO4S. The number of aliphatic hydroxyl groups is 1. The van der Waals surface area contributed by atoms with Crippen LogP contribution in [-0.4, -0.2) is 55.4 Å². The second kappa shape index (κ2) is 9.80. The molecule has 178 valence electrons. The maximum absolute atomic E-state index is 13.9. The molecule has 1 unspecified atom stereocenters. The SMILES string of the molecule is CC(C)(C)CCCCC1(C)C(=O)C(C2=NS(O)(O)c3ccccc3N2)=C(O)c2ccccc21.[NaH]. The normalized spacial score (nSPS) is 22.1. The number of benzene rings is 2. The fraction of sp³-hybridized carbons (Fsp3) is 0.385. The van der Waals surface area contributed by atoms with E-state index in [2.05, 4.69) is 30.5 Å². The van der Waals surface area contributed by atoms with E-state index in [4.69, 9.17) is 0 Å². The molecule has 1 atom stereocenters. The first-order chi connectivity index (χ1) is 15.4. The van der Waals surface area contributed by atoms with Gasteiger partial charge in [-0.05, 0) is 42.9 Å². The number of ketones is 1. The van der Waals surface area contributed by atoms with E-state index in [0.717, 1.165) is 24.8 Å². The number of hydrogen-bond acceptors (Lipinski definition) is 6. The number of Topliss-reactive ketones (excluding diaryl/α,β-unsaturated/α-hetero) is 1. The van der Waals surface area contributed by atoms with E-state index in [-0.39, 0.29) is 62.8 Å². The van der Waals surface area contributed by atoms with Crippen molar-refractivity contribution in [2.45, 2.75) is 63.7 Å². The summed E-state index contributed by atoms with van der Waals surface area (Å²) < 4.78 is 25.5. The van der Waals surface area contributed by atoms with Gasteiger partial charge in [0.25, 0.3) is 0 Å². The molecule has 1 aliphatic heterocycles. The van der Waals surface area contributed by atoms with Gasteiger partial charge >= 0.3 is 29.6 Å². The first-order valence-electron chi connectivity index (χ1n) is 11.3. The molecule has 8 heteroatoms. The van der Waals surface area contributed by atoms with Crippen LogP contribution in [0.4, 0.5) is 5.69 Å². The number of para-hydroxylation sites is 1. The Hall–Kier alpha value is -1.61. The fourth-order valence-electron chi connectivity index (χ4n) is 4.66. The van der Waals surface area contributed by atoms with Gasteiger partial charge in [0, 0.05) is 5.56 Å². The van der Waals surface area contributed by atoms with Crippen molar-refractivity contribution in [2.75, 3.05) is 5.32 Å². The van der Waals surface area contributed by atoms with Gasteiger partial charge in [-0.15, -0.1) is 4.40 Å².